The van der Waals surface area contributed by atoms with Gasteiger partial charge in [-0.25, -0.2) is 15.0 Å². The first-order chi connectivity index (χ1) is 15.8. The van der Waals surface area contributed by atoms with E-state index in [1.165, 1.54) is 38.5 Å². The summed E-state index contributed by atoms with van der Waals surface area (Å²) in [6.45, 7) is 1.41. The summed E-state index contributed by atoms with van der Waals surface area (Å²) in [6.07, 6.45) is -7.35. The van der Waals surface area contributed by atoms with Crippen molar-refractivity contribution in [2.45, 2.75) is 25.3 Å². The lowest BCUT2D eigenvalue weighted by molar-refractivity contribution is -0.143. The van der Waals surface area contributed by atoms with Crippen LogP contribution < -0.4 is 10.4 Å². The van der Waals surface area contributed by atoms with Crippen molar-refractivity contribution >= 4 is 11.9 Å². The highest BCUT2D eigenvalue weighted by atomic mass is 19.4. The van der Waals surface area contributed by atoms with Gasteiger partial charge >= 0.3 is 12.4 Å². The van der Waals surface area contributed by atoms with Crippen molar-refractivity contribution < 1.29 is 36.0 Å². The van der Waals surface area contributed by atoms with Crippen molar-refractivity contribution in [3.8, 4) is 5.95 Å². The van der Waals surface area contributed by atoms with Gasteiger partial charge < -0.3 is 5.32 Å². The molecule has 0 radical (unpaired) electrons. The van der Waals surface area contributed by atoms with Crippen LogP contribution in [0.2, 0.25) is 0 Å². The lowest BCUT2D eigenvalue weighted by Gasteiger charge is -2.16. The average molecular weight is 489 g/mol. The van der Waals surface area contributed by atoms with Gasteiger partial charge in [0.05, 0.1) is 24.3 Å². The first kappa shape index (κ1) is 24.9. The molecule has 0 spiro atoms. The molecule has 1 amide bonds. The maximum absolute atomic E-state index is 13.1. The molecule has 182 valence electrons. The van der Waals surface area contributed by atoms with Crippen LogP contribution in [0, 0.1) is 0 Å². The van der Waals surface area contributed by atoms with Crippen LogP contribution in [-0.2, 0) is 17.2 Å². The number of rotatable bonds is 6. The van der Waals surface area contributed by atoms with Crippen LogP contribution in [0.3, 0.4) is 0 Å². The summed E-state index contributed by atoms with van der Waals surface area (Å²) >= 11 is 0. The molecule has 9 nitrogen and oxygen atoms in total. The summed E-state index contributed by atoms with van der Waals surface area (Å²) < 4.78 is 79.9. The Balaban J connectivity index is 1.98. The Kier molecular flexibility index (Phi) is 6.77. The fourth-order valence-corrected chi connectivity index (χ4v) is 2.79. The monoisotopic (exact) mass is 489 g/mol. The third-order valence-corrected chi connectivity index (χ3v) is 4.50. The molecule has 0 saturated heterocycles. The summed E-state index contributed by atoms with van der Waals surface area (Å²) in [6, 6.07) is 1.13. The molecule has 0 fully saturated rings. The fourth-order valence-electron chi connectivity index (χ4n) is 2.79. The number of halogens is 6. The van der Waals surface area contributed by atoms with Gasteiger partial charge in [0.15, 0.2) is 5.82 Å². The average Bonchev–Trinajstić information content (AvgIpc) is 3.23. The van der Waals surface area contributed by atoms with E-state index in [4.69, 9.17) is 4.84 Å². The summed E-state index contributed by atoms with van der Waals surface area (Å²) in [5.41, 5.74) is -4.04. The zero-order valence-electron chi connectivity index (χ0n) is 17.8. The number of nitrogens with one attached hydrogen (secondary N) is 1. The Morgan fingerprint density at radius 2 is 1.62 bits per heavy atom. The van der Waals surface area contributed by atoms with E-state index in [0.29, 0.717) is 12.1 Å². The Labute approximate surface area is 188 Å². The number of amides is 1. The van der Waals surface area contributed by atoms with Crippen molar-refractivity contribution in [2.75, 3.05) is 19.2 Å². The van der Waals surface area contributed by atoms with Crippen LogP contribution in [0.4, 0.5) is 32.3 Å². The van der Waals surface area contributed by atoms with E-state index in [0.717, 1.165) is 4.68 Å². The summed E-state index contributed by atoms with van der Waals surface area (Å²) in [5, 5.41) is 7.70. The third kappa shape index (κ3) is 5.41. The Bertz CT molecular complexity index is 1130. The lowest BCUT2D eigenvalue weighted by Crippen LogP contribution is -2.29. The minimum absolute atomic E-state index is 0.0319. The van der Waals surface area contributed by atoms with E-state index in [1.54, 1.807) is 6.07 Å². The maximum atomic E-state index is 13.1. The molecular formula is C19H17F6N7O2. The van der Waals surface area contributed by atoms with Crippen molar-refractivity contribution in [3.05, 3.63) is 59.2 Å². The predicted octanol–water partition coefficient (Wildman–Crippen LogP) is 3.58. The number of carbonyl (C=O) groups excluding carboxylic acids is 1. The molecule has 1 atom stereocenters. The highest BCUT2D eigenvalue weighted by Gasteiger charge is 2.37. The third-order valence-electron chi connectivity index (χ3n) is 4.50. The lowest BCUT2D eigenvalue weighted by atomic mass is 10.0. The van der Waals surface area contributed by atoms with Crippen molar-refractivity contribution in [1.82, 2.24) is 30.0 Å². The SMILES string of the molecule is CON(C)c1nc(C(C)NC(=O)c2cc(C(F)(F)F)cc(C(F)(F)F)c2)n(-c2ncccn2)n1. The normalized spacial score (nSPS) is 13.0. The maximum Gasteiger partial charge on any atom is 0.416 e. The zero-order valence-corrected chi connectivity index (χ0v) is 17.8. The number of anilines is 1. The van der Waals surface area contributed by atoms with Crippen LogP contribution in [0.15, 0.2) is 36.7 Å². The molecule has 0 saturated carbocycles. The van der Waals surface area contributed by atoms with Crippen molar-refractivity contribution in [2.24, 2.45) is 0 Å². The molecule has 34 heavy (non-hydrogen) atoms. The van der Waals surface area contributed by atoms with E-state index in [9.17, 15) is 31.1 Å². The number of alkyl halides is 6. The summed E-state index contributed by atoms with van der Waals surface area (Å²) in [7, 11) is 2.83. The van der Waals surface area contributed by atoms with Gasteiger partial charge in [-0.1, -0.05) is 0 Å². The number of hydrogen-bond donors (Lipinski definition) is 1. The molecule has 2 heterocycles. The fraction of sp³-hybridized carbons (Fsp3) is 0.316. The second kappa shape index (κ2) is 9.24. The van der Waals surface area contributed by atoms with Crippen LogP contribution in [-0.4, -0.2) is 44.8 Å². The van der Waals surface area contributed by atoms with E-state index < -0.39 is 41.0 Å². The van der Waals surface area contributed by atoms with Crippen molar-refractivity contribution in [3.63, 3.8) is 0 Å². The van der Waals surface area contributed by atoms with Crippen LogP contribution in [0.5, 0.6) is 0 Å². The van der Waals surface area contributed by atoms with Gasteiger partial charge in [0.1, 0.15) is 0 Å². The number of aromatic nitrogens is 5. The molecule has 0 aliphatic carbocycles. The highest BCUT2D eigenvalue weighted by molar-refractivity contribution is 5.94. The molecule has 3 aromatic rings. The van der Waals surface area contributed by atoms with E-state index >= 15 is 0 Å². The second-order valence-corrected chi connectivity index (χ2v) is 6.90. The smallest absolute Gasteiger partial charge is 0.342 e. The molecule has 15 heteroatoms. The highest BCUT2D eigenvalue weighted by Crippen LogP contribution is 2.36. The van der Waals surface area contributed by atoms with E-state index in [1.807, 2.05) is 0 Å². The molecule has 1 unspecified atom stereocenters. The second-order valence-electron chi connectivity index (χ2n) is 6.90. The minimum atomic E-state index is -5.09. The van der Waals surface area contributed by atoms with Crippen molar-refractivity contribution in [1.29, 1.82) is 0 Å². The minimum Gasteiger partial charge on any atom is -0.342 e. The summed E-state index contributed by atoms with van der Waals surface area (Å²) in [5.74, 6) is -1.06. The summed E-state index contributed by atoms with van der Waals surface area (Å²) in [4.78, 5) is 30.0. The van der Waals surface area contributed by atoms with Gasteiger partial charge in [-0.05, 0) is 31.2 Å². The number of hydrogen-bond acceptors (Lipinski definition) is 7. The molecule has 0 aliphatic heterocycles. The number of carbonyl (C=O) groups is 1. The molecule has 2 aromatic heterocycles. The number of benzene rings is 1. The van der Waals surface area contributed by atoms with Crippen LogP contribution in [0.1, 0.15) is 40.3 Å². The van der Waals surface area contributed by atoms with Crippen LogP contribution in [0.25, 0.3) is 5.95 Å². The molecule has 3 rings (SSSR count). The quantitative estimate of drug-likeness (QED) is 0.418. The largest absolute Gasteiger partial charge is 0.416 e. The molecule has 0 bridgehead atoms. The Hall–Kier alpha value is -3.75. The van der Waals surface area contributed by atoms with Gasteiger partial charge in [0, 0.05) is 25.0 Å². The van der Waals surface area contributed by atoms with Gasteiger partial charge in [0.25, 0.3) is 17.8 Å². The Morgan fingerprint density at radius 1 is 1.06 bits per heavy atom. The molecular weight excluding hydrogens is 472 g/mol. The standard InChI is InChI=1S/C19H17F6N7O2/c1-10(14-29-17(31(2)34-3)30-32(14)16-26-5-4-6-27-16)28-15(33)11-7-12(18(20,21)22)9-13(8-11)19(23,24)25/h4-10H,1-3H3,(H,28,33). The molecule has 1 aromatic carbocycles. The topological polar surface area (TPSA) is 98.1 Å². The van der Waals surface area contributed by atoms with Gasteiger partial charge in [-0.2, -0.15) is 36.0 Å². The first-order valence-electron chi connectivity index (χ1n) is 9.43. The Morgan fingerprint density at radius 3 is 2.12 bits per heavy atom. The zero-order chi connectivity index (χ0) is 25.3. The van der Waals surface area contributed by atoms with Gasteiger partial charge in [-0.15, -0.1) is 5.10 Å². The predicted molar refractivity (Wildman–Crippen MR) is 105 cm³/mol. The van der Waals surface area contributed by atoms with Gasteiger partial charge in [0.2, 0.25) is 0 Å². The van der Waals surface area contributed by atoms with Crippen LogP contribution >= 0.6 is 0 Å². The number of hydroxylamine groups is 1. The first-order valence-corrected chi connectivity index (χ1v) is 9.43. The van der Waals surface area contributed by atoms with E-state index in [-0.39, 0.29) is 23.8 Å². The number of nitrogens with zero attached hydrogens (tertiary/aromatic N) is 6. The van der Waals surface area contributed by atoms with Gasteiger partial charge in [-0.3, -0.25) is 9.63 Å². The molecule has 0 aliphatic rings. The molecule has 1 N–H and O–H groups in total. The van der Waals surface area contributed by atoms with E-state index in [2.05, 4.69) is 25.4 Å².